The van der Waals surface area contributed by atoms with Crippen LogP contribution in [0, 0.1) is 0 Å². The zero-order valence-corrected chi connectivity index (χ0v) is 8.67. The number of carbonyl (C=O) groups excluding carboxylic acids is 1. The van der Waals surface area contributed by atoms with Gasteiger partial charge in [-0.15, -0.1) is 11.3 Å². The number of ketones is 1. The number of hydrogen-bond donors (Lipinski definition) is 1. The van der Waals surface area contributed by atoms with Crippen molar-refractivity contribution in [1.82, 2.24) is 9.88 Å². The minimum Gasteiger partial charge on any atom is -0.326 e. The first-order valence-electron chi connectivity index (χ1n) is 4.66. The third-order valence-corrected chi connectivity index (χ3v) is 3.16. The summed E-state index contributed by atoms with van der Waals surface area (Å²) in [5.74, 6) is 0.106. The van der Waals surface area contributed by atoms with Crippen LogP contribution in [0.2, 0.25) is 0 Å². The summed E-state index contributed by atoms with van der Waals surface area (Å²) in [6.45, 7) is 2.22. The number of Topliss-reactive ketones (excluding diaryl/α,β-unsaturated/α-hetero) is 1. The quantitative estimate of drug-likeness (QED) is 0.733. The van der Waals surface area contributed by atoms with Crippen molar-refractivity contribution in [3.63, 3.8) is 0 Å². The number of nitrogens with zero attached hydrogens (tertiary/aromatic N) is 2. The van der Waals surface area contributed by atoms with Crippen LogP contribution in [0.3, 0.4) is 0 Å². The van der Waals surface area contributed by atoms with Crippen molar-refractivity contribution in [1.29, 1.82) is 0 Å². The number of aromatic nitrogens is 1. The molecule has 0 saturated carbocycles. The molecule has 1 saturated heterocycles. The van der Waals surface area contributed by atoms with Crippen LogP contribution in [-0.4, -0.2) is 41.3 Å². The Kier molecular flexibility index (Phi) is 2.90. The summed E-state index contributed by atoms with van der Waals surface area (Å²) in [4.78, 5) is 17.7. The molecule has 0 amide bonds. The Bertz CT molecular complexity index is 312. The van der Waals surface area contributed by atoms with E-state index in [-0.39, 0.29) is 11.8 Å². The van der Waals surface area contributed by atoms with Crippen molar-refractivity contribution in [2.45, 2.75) is 12.5 Å². The summed E-state index contributed by atoms with van der Waals surface area (Å²) in [6, 6.07) is 0.235. The van der Waals surface area contributed by atoms with Crippen LogP contribution in [0.25, 0.3) is 0 Å². The number of carbonyl (C=O) groups is 1. The highest BCUT2D eigenvalue weighted by Crippen LogP contribution is 2.10. The Morgan fingerprint density at radius 2 is 2.64 bits per heavy atom. The third kappa shape index (κ3) is 2.17. The smallest absolute Gasteiger partial charge is 0.205 e. The molecule has 0 radical (unpaired) electrons. The minimum atomic E-state index is 0.106. The van der Waals surface area contributed by atoms with Gasteiger partial charge in [0.25, 0.3) is 0 Å². The minimum absolute atomic E-state index is 0.106. The van der Waals surface area contributed by atoms with Gasteiger partial charge < -0.3 is 5.73 Å². The molecule has 1 aliphatic rings. The van der Waals surface area contributed by atoms with E-state index in [1.807, 2.05) is 5.38 Å². The van der Waals surface area contributed by atoms with Gasteiger partial charge in [-0.05, 0) is 6.42 Å². The average molecular weight is 211 g/mol. The number of hydrogen-bond acceptors (Lipinski definition) is 5. The number of rotatable bonds is 3. The van der Waals surface area contributed by atoms with Crippen molar-refractivity contribution in [3.05, 3.63) is 16.6 Å². The normalized spacial score (nSPS) is 22.8. The molecule has 1 fully saturated rings. The molecule has 4 nitrogen and oxygen atoms in total. The highest BCUT2D eigenvalue weighted by atomic mass is 32.1. The van der Waals surface area contributed by atoms with Crippen LogP contribution in [0.1, 0.15) is 16.2 Å². The Morgan fingerprint density at radius 3 is 3.21 bits per heavy atom. The van der Waals surface area contributed by atoms with E-state index >= 15 is 0 Å². The molecule has 1 aliphatic heterocycles. The van der Waals surface area contributed by atoms with E-state index in [4.69, 9.17) is 5.73 Å². The fourth-order valence-electron chi connectivity index (χ4n) is 1.64. The van der Waals surface area contributed by atoms with E-state index < -0.39 is 0 Å². The average Bonchev–Trinajstić information content (AvgIpc) is 2.75. The van der Waals surface area contributed by atoms with E-state index in [2.05, 4.69) is 9.88 Å². The molecule has 2 N–H and O–H groups in total. The molecule has 0 bridgehead atoms. The highest BCUT2D eigenvalue weighted by Gasteiger charge is 2.22. The largest absolute Gasteiger partial charge is 0.326 e. The van der Waals surface area contributed by atoms with Crippen LogP contribution >= 0.6 is 11.3 Å². The monoisotopic (exact) mass is 211 g/mol. The second-order valence-corrected chi connectivity index (χ2v) is 4.44. The summed E-state index contributed by atoms with van der Waals surface area (Å²) in [5.41, 5.74) is 5.75. The molecule has 2 rings (SSSR count). The second kappa shape index (κ2) is 4.16. The maximum atomic E-state index is 11.6. The Morgan fingerprint density at radius 1 is 1.79 bits per heavy atom. The van der Waals surface area contributed by atoms with E-state index in [9.17, 15) is 4.79 Å². The van der Waals surface area contributed by atoms with Crippen LogP contribution in [0.5, 0.6) is 0 Å². The molecule has 0 aromatic carbocycles. The van der Waals surface area contributed by atoms with Crippen molar-refractivity contribution < 1.29 is 4.79 Å². The second-order valence-electron chi connectivity index (χ2n) is 3.54. The molecular weight excluding hydrogens is 198 g/mol. The Balaban J connectivity index is 1.89. The first-order chi connectivity index (χ1) is 6.75. The van der Waals surface area contributed by atoms with Gasteiger partial charge in [-0.3, -0.25) is 9.69 Å². The van der Waals surface area contributed by atoms with E-state index in [0.29, 0.717) is 11.6 Å². The SMILES string of the molecule is N[C@H]1CCN(CC(=O)c2nccs2)C1. The zero-order valence-electron chi connectivity index (χ0n) is 7.85. The van der Waals surface area contributed by atoms with Crippen LogP contribution in [-0.2, 0) is 0 Å². The maximum absolute atomic E-state index is 11.6. The molecule has 5 heteroatoms. The molecular formula is C9H13N3OS. The summed E-state index contributed by atoms with van der Waals surface area (Å²) < 4.78 is 0. The van der Waals surface area contributed by atoms with Gasteiger partial charge in [0, 0.05) is 30.7 Å². The van der Waals surface area contributed by atoms with Crippen molar-refractivity contribution in [2.75, 3.05) is 19.6 Å². The predicted octanol–water partition coefficient (Wildman–Crippen LogP) is 0.359. The van der Waals surface area contributed by atoms with Gasteiger partial charge in [0.15, 0.2) is 5.01 Å². The molecule has 2 heterocycles. The van der Waals surface area contributed by atoms with Gasteiger partial charge in [-0.1, -0.05) is 0 Å². The molecule has 76 valence electrons. The highest BCUT2D eigenvalue weighted by molar-refractivity contribution is 7.11. The number of thiazole rings is 1. The van der Waals surface area contributed by atoms with Gasteiger partial charge >= 0.3 is 0 Å². The zero-order chi connectivity index (χ0) is 9.97. The lowest BCUT2D eigenvalue weighted by Crippen LogP contribution is -2.30. The van der Waals surface area contributed by atoms with Gasteiger partial charge in [-0.2, -0.15) is 0 Å². The Hall–Kier alpha value is -0.780. The summed E-state index contributed by atoms with van der Waals surface area (Å²) in [6.07, 6.45) is 2.65. The lowest BCUT2D eigenvalue weighted by atomic mass is 10.3. The van der Waals surface area contributed by atoms with Gasteiger partial charge in [-0.25, -0.2) is 4.98 Å². The summed E-state index contributed by atoms with van der Waals surface area (Å²) in [7, 11) is 0. The van der Waals surface area contributed by atoms with Gasteiger partial charge in [0.05, 0.1) is 6.54 Å². The van der Waals surface area contributed by atoms with Crippen LogP contribution in [0.4, 0.5) is 0 Å². The van der Waals surface area contributed by atoms with Crippen LogP contribution < -0.4 is 5.73 Å². The number of nitrogens with two attached hydrogens (primary N) is 1. The van der Waals surface area contributed by atoms with Gasteiger partial charge in [0.1, 0.15) is 0 Å². The van der Waals surface area contributed by atoms with E-state index in [1.165, 1.54) is 11.3 Å². The van der Waals surface area contributed by atoms with E-state index in [1.54, 1.807) is 6.20 Å². The molecule has 0 unspecified atom stereocenters. The fraction of sp³-hybridized carbons (Fsp3) is 0.556. The van der Waals surface area contributed by atoms with E-state index in [0.717, 1.165) is 19.5 Å². The first kappa shape index (κ1) is 9.76. The third-order valence-electron chi connectivity index (χ3n) is 2.35. The first-order valence-corrected chi connectivity index (χ1v) is 5.54. The Labute approximate surface area is 86.7 Å². The molecule has 1 aromatic rings. The lowest BCUT2D eigenvalue weighted by Gasteiger charge is -2.12. The van der Waals surface area contributed by atoms with Crippen molar-refractivity contribution >= 4 is 17.1 Å². The topological polar surface area (TPSA) is 59.2 Å². The van der Waals surface area contributed by atoms with Crippen molar-refractivity contribution in [2.24, 2.45) is 5.73 Å². The maximum Gasteiger partial charge on any atom is 0.205 e. The fourth-order valence-corrected chi connectivity index (χ4v) is 2.21. The molecule has 14 heavy (non-hydrogen) atoms. The van der Waals surface area contributed by atoms with Gasteiger partial charge in [0.2, 0.25) is 5.78 Å². The predicted molar refractivity (Wildman–Crippen MR) is 55.5 cm³/mol. The molecule has 1 atom stereocenters. The molecule has 0 spiro atoms. The van der Waals surface area contributed by atoms with Crippen LogP contribution in [0.15, 0.2) is 11.6 Å². The summed E-state index contributed by atoms with van der Waals surface area (Å²) >= 11 is 1.40. The lowest BCUT2D eigenvalue weighted by molar-refractivity contribution is 0.0944. The van der Waals surface area contributed by atoms with Crippen molar-refractivity contribution in [3.8, 4) is 0 Å². The molecule has 1 aromatic heterocycles. The molecule has 0 aliphatic carbocycles. The number of likely N-dealkylation sites (tertiary alicyclic amines) is 1. The standard InChI is InChI=1S/C9H13N3OS/c10-7-1-3-12(5-7)6-8(13)9-11-2-4-14-9/h2,4,7H,1,3,5-6,10H2/t7-/m0/s1. The summed E-state index contributed by atoms with van der Waals surface area (Å²) in [5, 5.41) is 2.42.